The van der Waals surface area contributed by atoms with E-state index in [0.717, 1.165) is 0 Å². The predicted molar refractivity (Wildman–Crippen MR) is 46.1 cm³/mol. The topological polar surface area (TPSA) is 12.5 Å². The van der Waals surface area contributed by atoms with E-state index in [1.807, 2.05) is 0 Å². The van der Waals surface area contributed by atoms with Gasteiger partial charge in [0.25, 0.3) is 0 Å². The molecule has 0 aromatic carbocycles. The molecule has 0 aromatic heterocycles. The Morgan fingerprint density at radius 3 is 2.45 bits per heavy atom. The summed E-state index contributed by atoms with van der Waals surface area (Å²) in [5.74, 6) is 6.18. The first-order valence-corrected chi connectivity index (χ1v) is 3.83. The maximum Gasteiger partial charge on any atom is 0.148 e. The largest absolute Gasteiger partial charge is 0.351 e. The minimum Gasteiger partial charge on any atom is -0.351 e. The van der Waals surface area contributed by atoms with Gasteiger partial charge in [-0.1, -0.05) is 17.9 Å². The lowest BCUT2D eigenvalue weighted by Crippen LogP contribution is -2.00. The highest BCUT2D eigenvalue weighted by molar-refractivity contribution is 5.20. The van der Waals surface area contributed by atoms with Gasteiger partial charge in [0.1, 0.15) is 12.2 Å². The molecule has 60 valence electrons. The van der Waals surface area contributed by atoms with Crippen molar-refractivity contribution in [3.8, 4) is 11.8 Å². The maximum absolute atomic E-state index is 5.17. The van der Waals surface area contributed by atoms with Crippen LogP contribution in [0.4, 0.5) is 0 Å². The maximum atomic E-state index is 5.17. The van der Waals surface area contributed by atoms with Crippen molar-refractivity contribution < 1.29 is 4.74 Å². The first kappa shape index (κ1) is 8.36. The molecule has 1 heterocycles. The van der Waals surface area contributed by atoms with E-state index >= 15 is 0 Å². The third-order valence-electron chi connectivity index (χ3n) is 1.35. The van der Waals surface area contributed by atoms with Gasteiger partial charge in [0, 0.05) is 5.41 Å². The predicted octanol–water partition coefficient (Wildman–Crippen LogP) is 1.99. The Morgan fingerprint density at radius 1 is 1.45 bits per heavy atom. The molecule has 0 radical (unpaired) electrons. The van der Waals surface area contributed by atoms with Crippen LogP contribution in [0.5, 0.6) is 0 Å². The van der Waals surface area contributed by atoms with Crippen molar-refractivity contribution in [1.82, 2.24) is 0 Å². The highest BCUT2D eigenvalue weighted by atomic mass is 16.6. The third kappa shape index (κ3) is 2.78. The Morgan fingerprint density at radius 2 is 2.09 bits per heavy atom. The molecule has 1 nitrogen and oxygen atoms in total. The minimum absolute atomic E-state index is 0.0810. The van der Waals surface area contributed by atoms with Crippen molar-refractivity contribution in [2.24, 2.45) is 5.41 Å². The van der Waals surface area contributed by atoms with Gasteiger partial charge in [0.2, 0.25) is 0 Å². The third-order valence-corrected chi connectivity index (χ3v) is 1.35. The van der Waals surface area contributed by atoms with Gasteiger partial charge in [-0.3, -0.25) is 0 Å². The molecular weight excluding hydrogens is 136 g/mol. The average Bonchev–Trinajstić information content (AvgIpc) is 2.60. The molecule has 1 aliphatic heterocycles. The number of epoxide rings is 1. The summed E-state index contributed by atoms with van der Waals surface area (Å²) in [6.07, 6.45) is 2.10. The second-order valence-corrected chi connectivity index (χ2v) is 3.78. The van der Waals surface area contributed by atoms with Crippen LogP contribution in [0.2, 0.25) is 0 Å². The van der Waals surface area contributed by atoms with Crippen LogP contribution < -0.4 is 0 Å². The highest BCUT2D eigenvalue weighted by Crippen LogP contribution is 2.22. The molecule has 11 heavy (non-hydrogen) atoms. The lowest BCUT2D eigenvalue weighted by molar-refractivity contribution is 0.417. The van der Waals surface area contributed by atoms with Crippen LogP contribution in [0.3, 0.4) is 0 Å². The van der Waals surface area contributed by atoms with Crippen LogP contribution in [0.1, 0.15) is 20.8 Å². The van der Waals surface area contributed by atoms with Crippen molar-refractivity contribution in [3.63, 3.8) is 0 Å². The summed E-state index contributed by atoms with van der Waals surface area (Å²) in [4.78, 5) is 0. The van der Waals surface area contributed by atoms with Crippen LogP contribution in [0.15, 0.2) is 12.7 Å². The molecule has 2 atom stereocenters. The smallest absolute Gasteiger partial charge is 0.148 e. The van der Waals surface area contributed by atoms with E-state index in [1.165, 1.54) is 0 Å². The van der Waals surface area contributed by atoms with Gasteiger partial charge in [-0.05, 0) is 20.8 Å². The SMILES string of the molecule is C=CC1OC1C#CC(C)(C)C. The normalized spacial score (nSPS) is 28.6. The summed E-state index contributed by atoms with van der Waals surface area (Å²) in [7, 11) is 0. The molecule has 1 heteroatoms. The van der Waals surface area contributed by atoms with Gasteiger partial charge in [0.05, 0.1) is 0 Å². The van der Waals surface area contributed by atoms with Crippen LogP contribution in [0, 0.1) is 17.3 Å². The molecule has 2 unspecified atom stereocenters. The standard InChI is InChI=1S/C10H14O/c1-5-8-9(11-8)6-7-10(2,3)4/h5,8-9H,1H2,2-4H3. The number of ether oxygens (including phenoxy) is 1. The fraction of sp³-hybridized carbons (Fsp3) is 0.600. The van der Waals surface area contributed by atoms with Gasteiger partial charge in [-0.15, -0.1) is 6.58 Å². The molecule has 1 aliphatic rings. The van der Waals surface area contributed by atoms with Crippen LogP contribution >= 0.6 is 0 Å². The first-order chi connectivity index (χ1) is 5.03. The van der Waals surface area contributed by atoms with Crippen LogP contribution in [-0.4, -0.2) is 12.2 Å². The molecule has 0 aliphatic carbocycles. The second kappa shape index (κ2) is 2.71. The van der Waals surface area contributed by atoms with E-state index in [-0.39, 0.29) is 17.6 Å². The van der Waals surface area contributed by atoms with Crippen molar-refractivity contribution in [3.05, 3.63) is 12.7 Å². The zero-order valence-corrected chi connectivity index (χ0v) is 7.35. The number of rotatable bonds is 1. The van der Waals surface area contributed by atoms with Crippen LogP contribution in [0.25, 0.3) is 0 Å². The van der Waals surface area contributed by atoms with E-state index in [0.29, 0.717) is 0 Å². The zero-order chi connectivity index (χ0) is 8.48. The molecular formula is C10H14O. The van der Waals surface area contributed by atoms with Crippen LogP contribution in [-0.2, 0) is 4.74 Å². The van der Waals surface area contributed by atoms with Crippen molar-refractivity contribution in [1.29, 1.82) is 0 Å². The molecule has 0 amide bonds. The summed E-state index contributed by atoms with van der Waals surface area (Å²) in [6.45, 7) is 9.89. The zero-order valence-electron chi connectivity index (χ0n) is 7.35. The first-order valence-electron chi connectivity index (χ1n) is 3.83. The molecule has 0 bridgehead atoms. The van der Waals surface area contributed by atoms with Crippen molar-refractivity contribution >= 4 is 0 Å². The van der Waals surface area contributed by atoms with E-state index in [2.05, 4.69) is 39.2 Å². The van der Waals surface area contributed by atoms with Gasteiger partial charge >= 0.3 is 0 Å². The van der Waals surface area contributed by atoms with E-state index in [1.54, 1.807) is 6.08 Å². The molecule has 0 N–H and O–H groups in total. The summed E-state index contributed by atoms with van der Waals surface area (Å²) in [6, 6.07) is 0. The molecule has 0 spiro atoms. The Kier molecular flexibility index (Phi) is 2.06. The molecule has 1 saturated heterocycles. The molecule has 0 aromatic rings. The van der Waals surface area contributed by atoms with Gasteiger partial charge in [0.15, 0.2) is 0 Å². The van der Waals surface area contributed by atoms with E-state index in [4.69, 9.17) is 4.74 Å². The second-order valence-electron chi connectivity index (χ2n) is 3.78. The van der Waals surface area contributed by atoms with Gasteiger partial charge < -0.3 is 4.74 Å². The van der Waals surface area contributed by atoms with Gasteiger partial charge in [-0.25, -0.2) is 0 Å². The lowest BCUT2D eigenvalue weighted by Gasteiger charge is -2.06. The Bertz CT molecular complexity index is 211. The average molecular weight is 150 g/mol. The quantitative estimate of drug-likeness (QED) is 0.316. The number of hydrogen-bond acceptors (Lipinski definition) is 1. The molecule has 1 rings (SSSR count). The minimum atomic E-state index is 0.0810. The molecule has 1 fully saturated rings. The highest BCUT2D eigenvalue weighted by Gasteiger charge is 2.34. The lowest BCUT2D eigenvalue weighted by atomic mass is 9.98. The summed E-state index contributed by atoms with van der Waals surface area (Å²) in [5.41, 5.74) is 0.0810. The fourth-order valence-corrected chi connectivity index (χ4v) is 0.707. The van der Waals surface area contributed by atoms with E-state index < -0.39 is 0 Å². The van der Waals surface area contributed by atoms with Crippen molar-refractivity contribution in [2.45, 2.75) is 33.0 Å². The molecule has 0 saturated carbocycles. The Hall–Kier alpha value is -0.740. The van der Waals surface area contributed by atoms with Crippen molar-refractivity contribution in [2.75, 3.05) is 0 Å². The Labute approximate surface area is 68.4 Å². The monoisotopic (exact) mass is 150 g/mol. The summed E-state index contributed by atoms with van der Waals surface area (Å²) >= 11 is 0. The van der Waals surface area contributed by atoms with Gasteiger partial charge in [-0.2, -0.15) is 0 Å². The summed E-state index contributed by atoms with van der Waals surface area (Å²) in [5, 5.41) is 0. The fourth-order valence-electron chi connectivity index (χ4n) is 0.707. The number of hydrogen-bond donors (Lipinski definition) is 0. The summed E-state index contributed by atoms with van der Waals surface area (Å²) < 4.78 is 5.17. The Balaban J connectivity index is 2.42. The van der Waals surface area contributed by atoms with E-state index in [9.17, 15) is 0 Å².